The molecular formula is C18H22N2O4S2. The number of piperidine rings is 1. The minimum Gasteiger partial charge on any atom is -0.497 e. The van der Waals surface area contributed by atoms with Crippen molar-refractivity contribution in [2.45, 2.75) is 29.9 Å². The molecule has 1 aromatic carbocycles. The molecule has 1 saturated heterocycles. The smallest absolute Gasteiger partial charge is 0.271 e. The van der Waals surface area contributed by atoms with Crippen LogP contribution in [0.4, 0.5) is 5.69 Å². The maximum absolute atomic E-state index is 12.5. The molecule has 1 aliphatic rings. The quantitative estimate of drug-likeness (QED) is 0.817. The van der Waals surface area contributed by atoms with Crippen molar-refractivity contribution in [3.8, 4) is 5.75 Å². The highest BCUT2D eigenvalue weighted by Gasteiger charge is 2.20. The van der Waals surface area contributed by atoms with Crippen LogP contribution < -0.4 is 9.46 Å². The molecule has 0 unspecified atom stereocenters. The van der Waals surface area contributed by atoms with Gasteiger partial charge in [-0.3, -0.25) is 9.52 Å². The number of hydrogen-bond donors (Lipinski definition) is 1. The van der Waals surface area contributed by atoms with Crippen molar-refractivity contribution in [2.75, 3.05) is 24.9 Å². The molecule has 0 aliphatic carbocycles. The molecule has 26 heavy (non-hydrogen) atoms. The molecule has 1 fully saturated rings. The molecule has 1 aromatic heterocycles. The Kier molecular flexibility index (Phi) is 5.83. The number of likely N-dealkylation sites (tertiary alicyclic amines) is 1. The molecule has 1 aliphatic heterocycles. The molecule has 6 nitrogen and oxygen atoms in total. The number of amides is 1. The Labute approximate surface area is 157 Å². The largest absolute Gasteiger partial charge is 0.497 e. The third-order valence-corrected chi connectivity index (χ3v) is 7.24. The van der Waals surface area contributed by atoms with E-state index in [9.17, 15) is 13.2 Å². The molecule has 0 spiro atoms. The van der Waals surface area contributed by atoms with Crippen molar-refractivity contribution < 1.29 is 17.9 Å². The number of anilines is 1. The summed E-state index contributed by atoms with van der Waals surface area (Å²) in [6.45, 7) is 1.60. The van der Waals surface area contributed by atoms with E-state index in [1.165, 1.54) is 6.42 Å². The van der Waals surface area contributed by atoms with Crippen molar-refractivity contribution in [2.24, 2.45) is 0 Å². The van der Waals surface area contributed by atoms with Gasteiger partial charge in [0.15, 0.2) is 0 Å². The van der Waals surface area contributed by atoms with E-state index in [1.807, 2.05) is 4.90 Å². The van der Waals surface area contributed by atoms with E-state index in [0.29, 0.717) is 11.4 Å². The maximum Gasteiger partial charge on any atom is 0.271 e. The lowest BCUT2D eigenvalue weighted by molar-refractivity contribution is -0.131. The van der Waals surface area contributed by atoms with Gasteiger partial charge in [-0.15, -0.1) is 11.3 Å². The Hall–Kier alpha value is -2.06. The molecule has 0 atom stereocenters. The second-order valence-corrected chi connectivity index (χ2v) is 9.25. The summed E-state index contributed by atoms with van der Waals surface area (Å²) >= 11 is 1.14. The molecule has 8 heteroatoms. The van der Waals surface area contributed by atoms with Gasteiger partial charge < -0.3 is 9.64 Å². The van der Waals surface area contributed by atoms with Gasteiger partial charge in [0.25, 0.3) is 10.0 Å². The van der Waals surface area contributed by atoms with Crippen LogP contribution in [0.15, 0.2) is 40.6 Å². The highest BCUT2D eigenvalue weighted by atomic mass is 32.2. The van der Waals surface area contributed by atoms with Crippen LogP contribution in [0, 0.1) is 0 Å². The van der Waals surface area contributed by atoms with Gasteiger partial charge in [0, 0.05) is 23.7 Å². The zero-order valence-electron chi connectivity index (χ0n) is 14.6. The average Bonchev–Trinajstić information content (AvgIpc) is 3.12. The van der Waals surface area contributed by atoms with Crippen LogP contribution in [0.2, 0.25) is 0 Å². The van der Waals surface area contributed by atoms with Crippen LogP contribution >= 0.6 is 11.3 Å². The van der Waals surface area contributed by atoms with Gasteiger partial charge in [0.1, 0.15) is 9.96 Å². The van der Waals surface area contributed by atoms with Gasteiger partial charge in [0.2, 0.25) is 5.91 Å². The second-order valence-electron chi connectivity index (χ2n) is 6.17. The number of nitrogens with zero attached hydrogens (tertiary/aromatic N) is 1. The Morgan fingerprint density at radius 1 is 1.12 bits per heavy atom. The van der Waals surface area contributed by atoms with Crippen molar-refractivity contribution >= 4 is 33.0 Å². The summed E-state index contributed by atoms with van der Waals surface area (Å²) in [5, 5.41) is 0. The molecular weight excluding hydrogens is 372 g/mol. The number of hydrogen-bond acceptors (Lipinski definition) is 5. The summed E-state index contributed by atoms with van der Waals surface area (Å²) < 4.78 is 32.9. The molecule has 1 amide bonds. The SMILES string of the molecule is COc1ccc(NS(=O)(=O)c2ccc(CC(=O)N3CCCCC3)s2)cc1. The van der Waals surface area contributed by atoms with E-state index < -0.39 is 10.0 Å². The number of sulfonamides is 1. The Bertz CT molecular complexity index is 854. The third kappa shape index (κ3) is 4.56. The molecule has 1 N–H and O–H groups in total. The topological polar surface area (TPSA) is 75.7 Å². The summed E-state index contributed by atoms with van der Waals surface area (Å²) in [6.07, 6.45) is 3.51. The Morgan fingerprint density at radius 3 is 2.46 bits per heavy atom. The van der Waals surface area contributed by atoms with Crippen molar-refractivity contribution in [1.29, 1.82) is 0 Å². The van der Waals surface area contributed by atoms with Crippen LogP contribution in [0.25, 0.3) is 0 Å². The third-order valence-electron chi connectivity index (χ3n) is 4.28. The Balaban J connectivity index is 1.66. The monoisotopic (exact) mass is 394 g/mol. The van der Waals surface area contributed by atoms with Gasteiger partial charge in [0.05, 0.1) is 13.5 Å². The second kappa shape index (κ2) is 8.09. The average molecular weight is 395 g/mol. The van der Waals surface area contributed by atoms with E-state index in [2.05, 4.69) is 4.72 Å². The highest BCUT2D eigenvalue weighted by molar-refractivity contribution is 7.94. The zero-order chi connectivity index (χ0) is 18.6. The summed E-state index contributed by atoms with van der Waals surface area (Å²) in [6, 6.07) is 9.93. The fourth-order valence-corrected chi connectivity index (χ4v) is 5.27. The zero-order valence-corrected chi connectivity index (χ0v) is 16.2. The fourth-order valence-electron chi connectivity index (χ4n) is 2.87. The van der Waals surface area contributed by atoms with Gasteiger partial charge in [-0.1, -0.05) is 0 Å². The van der Waals surface area contributed by atoms with Crippen molar-refractivity contribution in [1.82, 2.24) is 4.90 Å². The molecule has 0 radical (unpaired) electrons. The fraction of sp³-hybridized carbons (Fsp3) is 0.389. The predicted molar refractivity (Wildman–Crippen MR) is 102 cm³/mol. The van der Waals surface area contributed by atoms with Crippen LogP contribution in [0.5, 0.6) is 5.75 Å². The molecule has 2 aromatic rings. The van der Waals surface area contributed by atoms with Crippen molar-refractivity contribution in [3.05, 3.63) is 41.3 Å². The molecule has 140 valence electrons. The summed E-state index contributed by atoms with van der Waals surface area (Å²) in [4.78, 5) is 15.0. The predicted octanol–water partition coefficient (Wildman–Crippen LogP) is 3.11. The minimum absolute atomic E-state index is 0.0682. The lowest BCUT2D eigenvalue weighted by Gasteiger charge is -2.26. The van der Waals surface area contributed by atoms with Crippen LogP contribution in [0.1, 0.15) is 24.1 Å². The molecule has 0 bridgehead atoms. The Morgan fingerprint density at radius 2 is 1.81 bits per heavy atom. The van der Waals surface area contributed by atoms with Gasteiger partial charge in [-0.25, -0.2) is 8.42 Å². The van der Waals surface area contributed by atoms with E-state index in [1.54, 1.807) is 43.5 Å². The highest BCUT2D eigenvalue weighted by Crippen LogP contribution is 2.26. The number of carbonyl (C=O) groups is 1. The molecule has 0 saturated carbocycles. The first-order valence-electron chi connectivity index (χ1n) is 8.51. The summed E-state index contributed by atoms with van der Waals surface area (Å²) in [5.74, 6) is 0.723. The first kappa shape index (κ1) is 18.7. The minimum atomic E-state index is -3.67. The number of thiophene rings is 1. The number of nitrogens with one attached hydrogen (secondary N) is 1. The lowest BCUT2D eigenvalue weighted by atomic mass is 10.1. The number of rotatable bonds is 6. The first-order valence-corrected chi connectivity index (χ1v) is 10.8. The number of carbonyl (C=O) groups excluding carboxylic acids is 1. The first-order chi connectivity index (χ1) is 12.5. The number of benzene rings is 1. The number of ether oxygens (including phenoxy) is 1. The standard InChI is InChI=1S/C18H22N2O4S2/c1-24-15-7-5-14(6-8-15)19-26(22,23)18-10-9-16(25-18)13-17(21)20-11-3-2-4-12-20/h5-10,19H,2-4,11-13H2,1H3. The van der Waals surface area contributed by atoms with E-state index in [0.717, 1.165) is 42.1 Å². The molecule has 3 rings (SSSR count). The number of methoxy groups -OCH3 is 1. The van der Waals surface area contributed by atoms with Gasteiger partial charge in [-0.2, -0.15) is 0 Å². The van der Waals surface area contributed by atoms with E-state index >= 15 is 0 Å². The van der Waals surface area contributed by atoms with E-state index in [-0.39, 0.29) is 16.5 Å². The molecule has 2 heterocycles. The van der Waals surface area contributed by atoms with Crippen LogP contribution in [-0.4, -0.2) is 39.4 Å². The van der Waals surface area contributed by atoms with Gasteiger partial charge in [-0.05, 0) is 55.7 Å². The van der Waals surface area contributed by atoms with Crippen LogP contribution in [0.3, 0.4) is 0 Å². The summed E-state index contributed by atoms with van der Waals surface area (Å²) in [5.41, 5.74) is 0.463. The maximum atomic E-state index is 12.5. The lowest BCUT2D eigenvalue weighted by Crippen LogP contribution is -2.36. The summed E-state index contributed by atoms with van der Waals surface area (Å²) in [7, 11) is -2.12. The normalized spacial score (nSPS) is 14.9. The van der Waals surface area contributed by atoms with Crippen LogP contribution in [-0.2, 0) is 21.2 Å². The van der Waals surface area contributed by atoms with E-state index in [4.69, 9.17) is 4.74 Å². The van der Waals surface area contributed by atoms with Crippen molar-refractivity contribution in [3.63, 3.8) is 0 Å². The van der Waals surface area contributed by atoms with Gasteiger partial charge >= 0.3 is 0 Å².